The summed E-state index contributed by atoms with van der Waals surface area (Å²) in [5.41, 5.74) is -0.119. The molecule has 20 heavy (non-hydrogen) atoms. The van der Waals surface area contributed by atoms with E-state index in [1.54, 1.807) is 0 Å². The summed E-state index contributed by atoms with van der Waals surface area (Å²) in [6.45, 7) is 11.0. The third-order valence-electron chi connectivity index (χ3n) is 5.01. The van der Waals surface area contributed by atoms with Crippen molar-refractivity contribution in [1.82, 2.24) is 10.2 Å². The van der Waals surface area contributed by atoms with Crippen molar-refractivity contribution in [2.24, 2.45) is 11.3 Å². The molecule has 1 atom stereocenters. The molecule has 1 saturated carbocycles. The van der Waals surface area contributed by atoms with E-state index >= 15 is 0 Å². The minimum Gasteiger partial charge on any atom is -0.379 e. The fourth-order valence-electron chi connectivity index (χ4n) is 3.49. The van der Waals surface area contributed by atoms with Crippen molar-refractivity contribution in [1.29, 1.82) is 0 Å². The highest BCUT2D eigenvalue weighted by Gasteiger charge is 2.36. The monoisotopic (exact) mass is 282 g/mol. The quantitative estimate of drug-likeness (QED) is 0.839. The molecule has 2 rings (SSSR count). The van der Waals surface area contributed by atoms with E-state index in [0.717, 1.165) is 45.7 Å². The van der Waals surface area contributed by atoms with E-state index in [9.17, 15) is 4.79 Å². The van der Waals surface area contributed by atoms with Crippen LogP contribution in [0.1, 0.15) is 46.5 Å². The third-order valence-corrected chi connectivity index (χ3v) is 5.01. The molecule has 1 heterocycles. The van der Waals surface area contributed by atoms with Crippen molar-refractivity contribution in [3.05, 3.63) is 0 Å². The van der Waals surface area contributed by atoms with Gasteiger partial charge >= 0.3 is 0 Å². The topological polar surface area (TPSA) is 41.6 Å². The minimum absolute atomic E-state index is 0.119. The van der Waals surface area contributed by atoms with Crippen LogP contribution < -0.4 is 5.32 Å². The predicted octanol–water partition coefficient (Wildman–Crippen LogP) is 2.04. The lowest BCUT2D eigenvalue weighted by Gasteiger charge is -2.37. The van der Waals surface area contributed by atoms with Crippen molar-refractivity contribution in [3.8, 4) is 0 Å². The highest BCUT2D eigenvalue weighted by atomic mass is 16.5. The van der Waals surface area contributed by atoms with Crippen molar-refractivity contribution in [2.45, 2.75) is 52.5 Å². The highest BCUT2D eigenvalue weighted by molar-refractivity contribution is 5.82. The number of rotatable bonds is 5. The second-order valence-corrected chi connectivity index (χ2v) is 6.94. The number of nitrogens with one attached hydrogen (secondary N) is 1. The number of morpholine rings is 1. The number of nitrogens with zero attached hydrogens (tertiary/aromatic N) is 1. The molecule has 0 aromatic heterocycles. The molecule has 0 aromatic carbocycles. The van der Waals surface area contributed by atoms with Gasteiger partial charge < -0.3 is 10.1 Å². The number of hydrogen-bond donors (Lipinski definition) is 1. The largest absolute Gasteiger partial charge is 0.379 e. The van der Waals surface area contributed by atoms with Crippen LogP contribution in [0, 0.1) is 11.3 Å². The van der Waals surface area contributed by atoms with Crippen LogP contribution in [0.4, 0.5) is 0 Å². The fourth-order valence-corrected chi connectivity index (χ4v) is 3.49. The lowest BCUT2D eigenvalue weighted by Crippen LogP contribution is -2.52. The SMILES string of the molecule is CC(C)C(CNC(=O)C1(C)CCCC1)N1CCOCC1. The molecule has 1 aliphatic carbocycles. The zero-order valence-electron chi connectivity index (χ0n) is 13.3. The highest BCUT2D eigenvalue weighted by Crippen LogP contribution is 2.37. The van der Waals surface area contributed by atoms with Crippen LogP contribution >= 0.6 is 0 Å². The van der Waals surface area contributed by atoms with E-state index in [1.165, 1.54) is 12.8 Å². The Bertz CT molecular complexity index is 318. The number of amides is 1. The van der Waals surface area contributed by atoms with Crippen molar-refractivity contribution in [2.75, 3.05) is 32.8 Å². The predicted molar refractivity (Wildman–Crippen MR) is 80.6 cm³/mol. The van der Waals surface area contributed by atoms with Crippen LogP contribution in [-0.2, 0) is 9.53 Å². The first-order valence-electron chi connectivity index (χ1n) is 8.13. The van der Waals surface area contributed by atoms with Crippen LogP contribution in [0.15, 0.2) is 0 Å². The van der Waals surface area contributed by atoms with E-state index in [2.05, 4.69) is 31.0 Å². The molecule has 0 bridgehead atoms. The summed E-state index contributed by atoms with van der Waals surface area (Å²) in [6.07, 6.45) is 4.48. The van der Waals surface area contributed by atoms with E-state index in [-0.39, 0.29) is 11.3 Å². The molecular weight excluding hydrogens is 252 g/mol. The van der Waals surface area contributed by atoms with Crippen molar-refractivity contribution in [3.63, 3.8) is 0 Å². The lowest BCUT2D eigenvalue weighted by molar-refractivity contribution is -0.130. The average Bonchev–Trinajstić information content (AvgIpc) is 2.88. The Labute approximate surface area is 123 Å². The van der Waals surface area contributed by atoms with E-state index in [4.69, 9.17) is 4.74 Å². The number of carbonyl (C=O) groups excluding carboxylic acids is 1. The molecule has 1 N–H and O–H groups in total. The Morgan fingerprint density at radius 2 is 1.85 bits per heavy atom. The van der Waals surface area contributed by atoms with Gasteiger partial charge in [0.25, 0.3) is 0 Å². The normalized spacial score (nSPS) is 24.8. The molecule has 2 fully saturated rings. The maximum atomic E-state index is 12.4. The van der Waals surface area contributed by atoms with Gasteiger partial charge in [-0.05, 0) is 18.8 Å². The average molecular weight is 282 g/mol. The van der Waals surface area contributed by atoms with Gasteiger partial charge in [-0.15, -0.1) is 0 Å². The van der Waals surface area contributed by atoms with Crippen LogP contribution in [0.2, 0.25) is 0 Å². The Balaban J connectivity index is 1.86. The second kappa shape index (κ2) is 6.90. The molecule has 1 saturated heterocycles. The molecule has 1 unspecified atom stereocenters. The first-order chi connectivity index (χ1) is 9.53. The zero-order valence-corrected chi connectivity index (χ0v) is 13.3. The standard InChI is InChI=1S/C16H30N2O2/c1-13(2)14(18-8-10-20-11-9-18)12-17-15(19)16(3)6-4-5-7-16/h13-14H,4-12H2,1-3H3,(H,17,19). The molecule has 4 nitrogen and oxygen atoms in total. The maximum Gasteiger partial charge on any atom is 0.225 e. The van der Waals surface area contributed by atoms with Crippen LogP contribution in [-0.4, -0.2) is 49.7 Å². The molecule has 1 amide bonds. The number of hydrogen-bond acceptors (Lipinski definition) is 3. The molecule has 0 aromatic rings. The van der Waals surface area contributed by atoms with E-state index in [0.29, 0.717) is 12.0 Å². The number of ether oxygens (including phenoxy) is 1. The Morgan fingerprint density at radius 1 is 1.25 bits per heavy atom. The van der Waals surface area contributed by atoms with E-state index in [1.807, 2.05) is 0 Å². The Morgan fingerprint density at radius 3 is 2.40 bits per heavy atom. The van der Waals surface area contributed by atoms with Gasteiger partial charge in [0.15, 0.2) is 0 Å². The number of carbonyl (C=O) groups is 1. The summed E-state index contributed by atoms with van der Waals surface area (Å²) in [5.74, 6) is 0.804. The lowest BCUT2D eigenvalue weighted by atomic mass is 9.87. The van der Waals surface area contributed by atoms with Crippen molar-refractivity contribution >= 4 is 5.91 Å². The summed E-state index contributed by atoms with van der Waals surface area (Å²) in [4.78, 5) is 14.9. The summed E-state index contributed by atoms with van der Waals surface area (Å²) >= 11 is 0. The molecule has 0 spiro atoms. The molecule has 0 radical (unpaired) electrons. The smallest absolute Gasteiger partial charge is 0.225 e. The maximum absolute atomic E-state index is 12.4. The first kappa shape index (κ1) is 15.8. The summed E-state index contributed by atoms with van der Waals surface area (Å²) in [5, 5.41) is 3.22. The zero-order chi connectivity index (χ0) is 14.6. The molecule has 1 aliphatic heterocycles. The van der Waals surface area contributed by atoms with Gasteiger partial charge in [-0.2, -0.15) is 0 Å². The molecular formula is C16H30N2O2. The summed E-state index contributed by atoms with van der Waals surface area (Å²) in [7, 11) is 0. The Hall–Kier alpha value is -0.610. The van der Waals surface area contributed by atoms with Gasteiger partial charge in [0.05, 0.1) is 13.2 Å². The van der Waals surface area contributed by atoms with Gasteiger partial charge in [0.2, 0.25) is 5.91 Å². The van der Waals surface area contributed by atoms with Gasteiger partial charge in [-0.3, -0.25) is 9.69 Å². The molecule has 2 aliphatic rings. The summed E-state index contributed by atoms with van der Waals surface area (Å²) < 4.78 is 5.42. The van der Waals surface area contributed by atoms with Gasteiger partial charge in [-0.1, -0.05) is 33.6 Å². The summed E-state index contributed by atoms with van der Waals surface area (Å²) in [6, 6.07) is 0.424. The molecule has 116 valence electrons. The van der Waals surface area contributed by atoms with Crippen LogP contribution in [0.25, 0.3) is 0 Å². The minimum atomic E-state index is -0.119. The molecule has 4 heteroatoms. The van der Waals surface area contributed by atoms with Crippen LogP contribution in [0.3, 0.4) is 0 Å². The van der Waals surface area contributed by atoms with Gasteiger partial charge in [-0.25, -0.2) is 0 Å². The Kier molecular flexibility index (Phi) is 5.44. The van der Waals surface area contributed by atoms with E-state index < -0.39 is 0 Å². The third kappa shape index (κ3) is 3.73. The van der Waals surface area contributed by atoms with Crippen LogP contribution in [0.5, 0.6) is 0 Å². The fraction of sp³-hybridized carbons (Fsp3) is 0.938. The second-order valence-electron chi connectivity index (χ2n) is 6.94. The van der Waals surface area contributed by atoms with Gasteiger partial charge in [0, 0.05) is 31.1 Å². The van der Waals surface area contributed by atoms with Crippen molar-refractivity contribution < 1.29 is 9.53 Å². The first-order valence-corrected chi connectivity index (χ1v) is 8.13. The van der Waals surface area contributed by atoms with Gasteiger partial charge in [0.1, 0.15) is 0 Å².